The number of unbranched alkanes of at least 4 members (excludes halogenated alkanes) is 1. The fourth-order valence-electron chi connectivity index (χ4n) is 9.33. The Balaban J connectivity index is 1.37. The molecular formula is C51H57ClN3O5S2+. The molecule has 4 aromatic rings. The summed E-state index contributed by atoms with van der Waals surface area (Å²) in [7, 11) is -4.09. The Labute approximate surface area is 376 Å². The molecule has 0 aromatic heterocycles. The lowest BCUT2D eigenvalue weighted by Crippen LogP contribution is -2.28. The second-order valence-electron chi connectivity index (χ2n) is 17.8. The van der Waals surface area contributed by atoms with E-state index < -0.39 is 21.2 Å². The zero-order chi connectivity index (χ0) is 44.4. The maximum atomic E-state index is 11.8. The van der Waals surface area contributed by atoms with Gasteiger partial charge in [0.1, 0.15) is 6.54 Å². The summed E-state index contributed by atoms with van der Waals surface area (Å²) in [5.74, 6) is -0.260. The van der Waals surface area contributed by atoms with Gasteiger partial charge in [-0.15, -0.1) is 0 Å². The van der Waals surface area contributed by atoms with Gasteiger partial charge >= 0.3 is 0 Å². The molecule has 7 rings (SSSR count). The van der Waals surface area contributed by atoms with Crippen LogP contribution in [0.1, 0.15) is 83.4 Å². The van der Waals surface area contributed by atoms with Gasteiger partial charge in [-0.3, -0.25) is 4.55 Å². The molecule has 2 unspecified atom stereocenters. The van der Waals surface area contributed by atoms with Gasteiger partial charge in [-0.05, 0) is 124 Å². The van der Waals surface area contributed by atoms with Crippen LogP contribution in [-0.4, -0.2) is 56.6 Å². The molecule has 2 atom stereocenters. The first-order chi connectivity index (χ1) is 29.5. The number of allylic oxidation sites excluding steroid dienone is 7. The van der Waals surface area contributed by atoms with Crippen molar-refractivity contribution < 1.29 is 26.3 Å². The first-order valence-electron chi connectivity index (χ1n) is 21.4. The molecule has 324 valence electrons. The maximum absolute atomic E-state index is 11.8. The van der Waals surface area contributed by atoms with Gasteiger partial charge < -0.3 is 14.4 Å². The molecule has 2 heterocycles. The Morgan fingerprint density at radius 3 is 2.44 bits per heavy atom. The van der Waals surface area contributed by atoms with Crippen LogP contribution in [0.5, 0.6) is 0 Å². The van der Waals surface area contributed by atoms with Crippen molar-refractivity contribution in [2.75, 3.05) is 34.4 Å². The monoisotopic (exact) mass is 890 g/mol. The van der Waals surface area contributed by atoms with E-state index in [4.69, 9.17) is 11.6 Å². The number of anilines is 3. The summed E-state index contributed by atoms with van der Waals surface area (Å²) in [6.45, 7) is 14.2. The van der Waals surface area contributed by atoms with E-state index in [-0.39, 0.29) is 28.3 Å². The number of hydrogen-bond acceptors (Lipinski definition) is 5. The summed E-state index contributed by atoms with van der Waals surface area (Å²) in [6.07, 6.45) is 12.6. The molecule has 11 heteroatoms. The highest BCUT2D eigenvalue weighted by atomic mass is 35.5. The molecule has 2 N–H and O–H groups in total. The standard InChI is InChI=1S/C51H56ClN3O5S2/c1-36-19-25-45-43(33-36)50(3,4)48(54(45)31-29-37(2)35-62(58,59)60)28-23-39-21-20-38(49(39)55(41-15-9-7-10-16-41)42-17-11-8-12-18-42)22-27-47-51(5,6)44-34-40(52)24-26-46(44)53(47)30-13-14-32-61(56)57/h7-11,15-17,19,22-28,33-34,37H,13-14,20-21,29-32,35H2,1-6H3,(H-,56,57,58,59,60)/p+1. The lowest BCUT2D eigenvalue weighted by Gasteiger charge is -2.29. The first-order valence-corrected chi connectivity index (χ1v) is 24.6. The average Bonchev–Trinajstić information content (AvgIpc) is 3.77. The quantitative estimate of drug-likeness (QED) is 0.0500. The van der Waals surface area contributed by atoms with Gasteiger partial charge in [-0.1, -0.05) is 92.6 Å². The van der Waals surface area contributed by atoms with Crippen LogP contribution in [-0.2, 0) is 32.0 Å². The average molecular weight is 892 g/mol. The Kier molecular flexibility index (Phi) is 13.5. The fourth-order valence-corrected chi connectivity index (χ4v) is 10.8. The fraction of sp³-hybridized carbons (Fsp3) is 0.353. The number of hydrogen-bond donors (Lipinski definition) is 2. The predicted molar refractivity (Wildman–Crippen MR) is 255 cm³/mol. The normalized spacial score (nSPS) is 19.1. The lowest BCUT2D eigenvalue weighted by atomic mass is 9.81. The number of benzene rings is 3. The highest BCUT2D eigenvalue weighted by Gasteiger charge is 2.45. The summed E-state index contributed by atoms with van der Waals surface area (Å²) >= 11 is 4.76. The minimum Gasteiger partial charge on any atom is -0.344 e. The topological polar surface area (TPSA) is 101 Å². The molecule has 0 radical (unpaired) electrons. The summed E-state index contributed by atoms with van der Waals surface area (Å²) in [5, 5.41) is 0.687. The van der Waals surface area contributed by atoms with Crippen molar-refractivity contribution in [2.45, 2.75) is 84.5 Å². The smallest absolute Gasteiger partial charge is 0.265 e. The third-order valence-electron chi connectivity index (χ3n) is 12.5. The van der Waals surface area contributed by atoms with E-state index in [1.165, 1.54) is 22.3 Å². The number of aryl methyl sites for hydroxylation is 1. The maximum Gasteiger partial charge on any atom is 0.265 e. The highest BCUT2D eigenvalue weighted by molar-refractivity contribution is 7.85. The third-order valence-corrected chi connectivity index (χ3v) is 14.3. The van der Waals surface area contributed by atoms with E-state index in [0.29, 0.717) is 31.0 Å². The van der Waals surface area contributed by atoms with Crippen molar-refractivity contribution >= 4 is 61.3 Å². The molecular weight excluding hydrogens is 834 g/mol. The second-order valence-corrected chi connectivity index (χ2v) is 20.8. The van der Waals surface area contributed by atoms with Crippen LogP contribution in [0.25, 0.3) is 0 Å². The summed E-state index contributed by atoms with van der Waals surface area (Å²) in [5.41, 5.74) is 12.6. The van der Waals surface area contributed by atoms with Gasteiger partial charge in [-0.2, -0.15) is 13.0 Å². The van der Waals surface area contributed by atoms with Crippen molar-refractivity contribution in [3.8, 4) is 0 Å². The summed E-state index contributed by atoms with van der Waals surface area (Å²) < 4.78 is 56.5. The summed E-state index contributed by atoms with van der Waals surface area (Å²) in [4.78, 5) is 4.61. The molecule has 0 amide bonds. The van der Waals surface area contributed by atoms with Crippen molar-refractivity contribution in [1.29, 1.82) is 0 Å². The molecule has 8 nitrogen and oxygen atoms in total. The second kappa shape index (κ2) is 18.5. The first kappa shape index (κ1) is 45.3. The molecule has 62 heavy (non-hydrogen) atoms. The molecule has 0 saturated heterocycles. The van der Waals surface area contributed by atoms with Crippen LogP contribution in [0, 0.1) is 25.0 Å². The zero-order valence-corrected chi connectivity index (χ0v) is 38.9. The van der Waals surface area contributed by atoms with Gasteiger partial charge in [-0.25, -0.2) is 4.21 Å². The molecule has 1 aliphatic carbocycles. The van der Waals surface area contributed by atoms with Crippen molar-refractivity contribution in [3.63, 3.8) is 0 Å². The Morgan fingerprint density at radius 1 is 0.952 bits per heavy atom. The lowest BCUT2D eigenvalue weighted by molar-refractivity contribution is -0.438. The van der Waals surface area contributed by atoms with Crippen LogP contribution < -0.4 is 9.80 Å². The SMILES string of the molecule is Cc1ccc2c(c1)C(C)(C)/C(=C\C=C1/CCC(/C=C/C3=[N+](CCCCS(=O)O)c4ccc(Cl)cc4C3(C)C)=C1N(c1c#cccc1)c1ccccc1)N2CCC(C)CS(=O)(=O)O. The Hall–Kier alpha value is -4.76. The molecule has 0 fully saturated rings. The molecule has 4 aromatic carbocycles. The van der Waals surface area contributed by atoms with E-state index in [1.54, 1.807) is 0 Å². The number of para-hydroxylation sites is 1. The predicted octanol–water partition coefficient (Wildman–Crippen LogP) is 11.6. The van der Waals surface area contributed by atoms with Gasteiger partial charge in [0, 0.05) is 63.9 Å². The van der Waals surface area contributed by atoms with Gasteiger partial charge in [0.05, 0.1) is 22.6 Å². The van der Waals surface area contributed by atoms with Gasteiger partial charge in [0.15, 0.2) is 16.8 Å². The largest absolute Gasteiger partial charge is 0.344 e. The minimum atomic E-state index is -4.09. The summed E-state index contributed by atoms with van der Waals surface area (Å²) in [6, 6.07) is 35.5. The van der Waals surface area contributed by atoms with Crippen LogP contribution >= 0.6 is 11.6 Å². The number of rotatable bonds is 16. The van der Waals surface area contributed by atoms with Crippen LogP contribution in [0.2, 0.25) is 5.02 Å². The van der Waals surface area contributed by atoms with Gasteiger partial charge in [0.2, 0.25) is 5.69 Å². The molecule has 0 saturated carbocycles. The van der Waals surface area contributed by atoms with Gasteiger partial charge in [0.25, 0.3) is 10.1 Å². The number of nitrogens with zero attached hydrogens (tertiary/aromatic N) is 3. The molecule has 0 spiro atoms. The highest BCUT2D eigenvalue weighted by Crippen LogP contribution is 2.49. The van der Waals surface area contributed by atoms with E-state index >= 15 is 0 Å². The van der Waals surface area contributed by atoms with E-state index in [9.17, 15) is 21.7 Å². The van der Waals surface area contributed by atoms with Crippen LogP contribution in [0.3, 0.4) is 0 Å². The third kappa shape index (κ3) is 9.73. The van der Waals surface area contributed by atoms with E-state index in [2.05, 4.69) is 146 Å². The van der Waals surface area contributed by atoms with Crippen molar-refractivity contribution in [2.24, 2.45) is 5.92 Å². The van der Waals surface area contributed by atoms with E-state index in [1.807, 2.05) is 31.2 Å². The molecule has 2 aliphatic heterocycles. The minimum absolute atomic E-state index is 0.228. The molecule has 3 aliphatic rings. The number of halogens is 1. The Morgan fingerprint density at radius 2 is 1.73 bits per heavy atom. The van der Waals surface area contributed by atoms with E-state index in [0.717, 1.165) is 64.7 Å². The van der Waals surface area contributed by atoms with Crippen LogP contribution in [0.4, 0.5) is 22.7 Å². The van der Waals surface area contributed by atoms with Crippen LogP contribution in [0.15, 0.2) is 132 Å². The van der Waals surface area contributed by atoms with Crippen molar-refractivity contribution in [3.05, 3.63) is 166 Å². The number of fused-ring (bicyclic) bond motifs is 2. The molecule has 0 bridgehead atoms. The zero-order valence-electron chi connectivity index (χ0n) is 36.5. The Bertz CT molecular complexity index is 2570. The van der Waals surface area contributed by atoms with Crippen molar-refractivity contribution in [1.82, 2.24) is 0 Å².